The van der Waals surface area contributed by atoms with Crippen molar-refractivity contribution in [2.45, 2.75) is 46.2 Å². The number of rotatable bonds is 6. The quantitative estimate of drug-likeness (QED) is 0.885. The van der Waals surface area contributed by atoms with Gasteiger partial charge < -0.3 is 14.7 Å². The third-order valence-electron chi connectivity index (χ3n) is 3.55. The van der Waals surface area contributed by atoms with Crippen LogP contribution in [0, 0.1) is 0 Å². The molecule has 0 unspecified atom stereocenters. The summed E-state index contributed by atoms with van der Waals surface area (Å²) in [7, 11) is 1.72. The van der Waals surface area contributed by atoms with E-state index in [4.69, 9.17) is 4.52 Å². The highest BCUT2D eigenvalue weighted by Crippen LogP contribution is 2.11. The van der Waals surface area contributed by atoms with Crippen molar-refractivity contribution in [2.24, 2.45) is 0 Å². The molecule has 0 aliphatic carbocycles. The largest absolute Gasteiger partial charge is 0.337 e. The first-order valence-electron chi connectivity index (χ1n) is 7.81. The molecule has 1 atom stereocenters. The van der Waals surface area contributed by atoms with E-state index in [1.807, 2.05) is 32.2 Å². The van der Waals surface area contributed by atoms with E-state index in [9.17, 15) is 4.79 Å². The Morgan fingerprint density at radius 3 is 2.70 bits per heavy atom. The smallest absolute Gasteiger partial charge is 0.318 e. The minimum absolute atomic E-state index is 0.213. The number of nitrogens with zero attached hydrogens (tertiary/aromatic N) is 4. The number of aryl methyl sites for hydroxylation is 2. The van der Waals surface area contributed by atoms with Crippen molar-refractivity contribution in [3.8, 4) is 0 Å². The highest BCUT2D eigenvalue weighted by Gasteiger charge is 2.18. The lowest BCUT2D eigenvalue weighted by molar-refractivity contribution is 0.200. The van der Waals surface area contributed by atoms with Crippen LogP contribution < -0.4 is 5.32 Å². The van der Waals surface area contributed by atoms with E-state index in [1.54, 1.807) is 11.9 Å². The summed E-state index contributed by atoms with van der Waals surface area (Å²) in [5.41, 5.74) is 2.02. The summed E-state index contributed by atoms with van der Waals surface area (Å²) in [5, 5.41) is 6.67. The van der Waals surface area contributed by atoms with Crippen LogP contribution in [0.15, 0.2) is 22.9 Å². The number of urea groups is 1. The molecule has 0 aliphatic rings. The standard InChI is InChI=1S/C16H23N5O2/c1-5-12-7-8-13(17-9-12)10-21(4)16(22)18-11(3)15-19-14(6-2)20-23-15/h7-9,11H,5-6,10H2,1-4H3,(H,18,22)/t11-/m0/s1. The fourth-order valence-electron chi connectivity index (χ4n) is 2.02. The molecule has 2 rings (SSSR count). The number of hydrogen-bond donors (Lipinski definition) is 1. The average molecular weight is 317 g/mol. The maximum absolute atomic E-state index is 12.2. The van der Waals surface area contributed by atoms with Crippen molar-refractivity contribution in [1.29, 1.82) is 0 Å². The molecule has 0 aromatic carbocycles. The van der Waals surface area contributed by atoms with Gasteiger partial charge in [0.15, 0.2) is 5.82 Å². The maximum Gasteiger partial charge on any atom is 0.318 e. The Bertz CT molecular complexity index is 638. The number of carbonyl (C=O) groups is 1. The maximum atomic E-state index is 12.2. The topological polar surface area (TPSA) is 84.2 Å². The van der Waals surface area contributed by atoms with Crippen molar-refractivity contribution in [2.75, 3.05) is 7.05 Å². The predicted molar refractivity (Wildman–Crippen MR) is 85.7 cm³/mol. The van der Waals surface area contributed by atoms with Gasteiger partial charge in [-0.15, -0.1) is 0 Å². The van der Waals surface area contributed by atoms with Crippen molar-refractivity contribution in [1.82, 2.24) is 25.3 Å². The molecule has 0 saturated carbocycles. The van der Waals surface area contributed by atoms with E-state index in [-0.39, 0.29) is 12.1 Å². The van der Waals surface area contributed by atoms with Crippen molar-refractivity contribution < 1.29 is 9.32 Å². The zero-order valence-corrected chi connectivity index (χ0v) is 14.0. The second-order valence-corrected chi connectivity index (χ2v) is 5.44. The molecule has 0 fully saturated rings. The first-order chi connectivity index (χ1) is 11.0. The molecule has 1 N–H and O–H groups in total. The molecule has 0 bridgehead atoms. The molecular formula is C16H23N5O2. The highest BCUT2D eigenvalue weighted by molar-refractivity contribution is 5.74. The van der Waals surface area contributed by atoms with Crippen LogP contribution in [0.2, 0.25) is 0 Å². The van der Waals surface area contributed by atoms with Gasteiger partial charge in [-0.25, -0.2) is 4.79 Å². The summed E-state index contributed by atoms with van der Waals surface area (Å²) in [6, 6.07) is 3.42. The molecule has 0 saturated heterocycles. The van der Waals surface area contributed by atoms with Gasteiger partial charge in [0.25, 0.3) is 0 Å². The molecule has 0 aliphatic heterocycles. The number of pyridine rings is 1. The molecule has 23 heavy (non-hydrogen) atoms. The van der Waals surface area contributed by atoms with Crippen LogP contribution in [0.3, 0.4) is 0 Å². The van der Waals surface area contributed by atoms with Gasteiger partial charge in [0.05, 0.1) is 12.2 Å². The summed E-state index contributed by atoms with van der Waals surface area (Å²) in [4.78, 5) is 22.4. The lowest BCUT2D eigenvalue weighted by Gasteiger charge is -2.19. The van der Waals surface area contributed by atoms with Crippen LogP contribution in [-0.2, 0) is 19.4 Å². The van der Waals surface area contributed by atoms with Crippen molar-refractivity contribution in [3.63, 3.8) is 0 Å². The summed E-state index contributed by atoms with van der Waals surface area (Å²) >= 11 is 0. The van der Waals surface area contributed by atoms with Gasteiger partial charge in [0.1, 0.15) is 6.04 Å². The van der Waals surface area contributed by atoms with E-state index in [0.717, 1.165) is 12.1 Å². The molecular weight excluding hydrogens is 294 g/mol. The van der Waals surface area contributed by atoms with Gasteiger partial charge in [-0.1, -0.05) is 25.1 Å². The van der Waals surface area contributed by atoms with E-state index in [1.165, 1.54) is 5.56 Å². The fraction of sp³-hybridized carbons (Fsp3) is 0.500. The zero-order valence-electron chi connectivity index (χ0n) is 14.0. The lowest BCUT2D eigenvalue weighted by Crippen LogP contribution is -2.38. The molecule has 7 nitrogen and oxygen atoms in total. The SMILES string of the molecule is CCc1ccc(CN(C)C(=O)N[C@@H](C)c2nc(CC)no2)nc1. The molecule has 2 amide bonds. The molecule has 2 heterocycles. The van der Waals surface area contributed by atoms with E-state index < -0.39 is 0 Å². The fourth-order valence-corrected chi connectivity index (χ4v) is 2.02. The minimum atomic E-state index is -0.340. The lowest BCUT2D eigenvalue weighted by atomic mass is 10.2. The molecule has 2 aromatic rings. The Morgan fingerprint density at radius 2 is 2.13 bits per heavy atom. The Kier molecular flexibility index (Phi) is 5.67. The second-order valence-electron chi connectivity index (χ2n) is 5.44. The zero-order chi connectivity index (χ0) is 16.8. The van der Waals surface area contributed by atoms with Crippen LogP contribution >= 0.6 is 0 Å². The first-order valence-corrected chi connectivity index (χ1v) is 7.81. The summed E-state index contributed by atoms with van der Waals surface area (Å²) in [6.45, 7) is 6.28. The van der Waals surface area contributed by atoms with E-state index in [2.05, 4.69) is 27.4 Å². The molecule has 0 radical (unpaired) electrons. The number of nitrogens with one attached hydrogen (secondary N) is 1. The third kappa shape index (κ3) is 4.51. The van der Waals surface area contributed by atoms with Gasteiger partial charge in [0.2, 0.25) is 5.89 Å². The average Bonchev–Trinajstić information content (AvgIpc) is 3.04. The molecule has 2 aromatic heterocycles. The number of hydrogen-bond acceptors (Lipinski definition) is 5. The Hall–Kier alpha value is -2.44. The number of carbonyl (C=O) groups excluding carboxylic acids is 1. The van der Waals surface area contributed by atoms with Gasteiger partial charge in [-0.05, 0) is 25.0 Å². The first kappa shape index (κ1) is 16.9. The molecule has 0 spiro atoms. The van der Waals surface area contributed by atoms with Crippen LogP contribution in [0.4, 0.5) is 4.79 Å². The Labute approximate surface area is 136 Å². The number of aromatic nitrogens is 3. The van der Waals surface area contributed by atoms with Crippen LogP contribution in [-0.4, -0.2) is 33.1 Å². The van der Waals surface area contributed by atoms with Crippen molar-refractivity contribution in [3.05, 3.63) is 41.3 Å². The molecule has 124 valence electrons. The van der Waals surface area contributed by atoms with E-state index >= 15 is 0 Å². The Morgan fingerprint density at radius 1 is 1.35 bits per heavy atom. The van der Waals surface area contributed by atoms with Crippen LogP contribution in [0.5, 0.6) is 0 Å². The second kappa shape index (κ2) is 7.71. The monoisotopic (exact) mass is 317 g/mol. The summed E-state index contributed by atoms with van der Waals surface area (Å²) < 4.78 is 5.14. The predicted octanol–water partition coefficient (Wildman–Crippen LogP) is 2.49. The van der Waals surface area contributed by atoms with Gasteiger partial charge >= 0.3 is 6.03 Å². The Balaban J connectivity index is 1.90. The highest BCUT2D eigenvalue weighted by atomic mass is 16.5. The normalized spacial score (nSPS) is 12.0. The van der Waals surface area contributed by atoms with E-state index in [0.29, 0.717) is 24.7 Å². The minimum Gasteiger partial charge on any atom is -0.337 e. The summed E-state index contributed by atoms with van der Waals surface area (Å²) in [5.74, 6) is 1.05. The van der Waals surface area contributed by atoms with Gasteiger partial charge in [-0.2, -0.15) is 4.98 Å². The van der Waals surface area contributed by atoms with Gasteiger partial charge in [-0.3, -0.25) is 4.98 Å². The van der Waals surface area contributed by atoms with Crippen LogP contribution in [0.1, 0.15) is 49.8 Å². The van der Waals surface area contributed by atoms with Crippen LogP contribution in [0.25, 0.3) is 0 Å². The van der Waals surface area contributed by atoms with Gasteiger partial charge in [0, 0.05) is 19.7 Å². The number of amides is 2. The summed E-state index contributed by atoms with van der Waals surface area (Å²) in [6.07, 6.45) is 3.49. The molecule has 7 heteroatoms. The van der Waals surface area contributed by atoms with Crippen molar-refractivity contribution >= 4 is 6.03 Å². The third-order valence-corrected chi connectivity index (χ3v) is 3.55.